The molecule has 0 fully saturated rings. The molecule has 7 heteroatoms. The number of nitrogens with zero attached hydrogens (tertiary/aromatic N) is 2. The van der Waals surface area contributed by atoms with Crippen molar-refractivity contribution in [3.8, 4) is 0 Å². The highest BCUT2D eigenvalue weighted by Crippen LogP contribution is 2.10. The summed E-state index contributed by atoms with van der Waals surface area (Å²) in [5, 5.41) is 11.4. The third-order valence-corrected chi connectivity index (χ3v) is 5.14. The van der Waals surface area contributed by atoms with Crippen LogP contribution in [0.15, 0.2) is 35.5 Å². The standard InChI is InChI=1S/C13H21N3O3S/c1-11(10-13(14)15-17)16(2)20(18,19)9-8-12-6-4-3-5-7-12/h3-7,11,17H,8-10H2,1-2H3,(H2,14,15). The second kappa shape index (κ2) is 7.25. The predicted octanol–water partition coefficient (Wildman–Crippen LogP) is 1.02. The van der Waals surface area contributed by atoms with E-state index >= 15 is 0 Å². The van der Waals surface area contributed by atoms with E-state index in [-0.39, 0.29) is 24.1 Å². The van der Waals surface area contributed by atoms with E-state index in [2.05, 4.69) is 5.16 Å². The second-order valence-corrected chi connectivity index (χ2v) is 6.86. The number of hydrogen-bond acceptors (Lipinski definition) is 4. The van der Waals surface area contributed by atoms with E-state index in [9.17, 15) is 8.42 Å². The number of oxime groups is 1. The van der Waals surface area contributed by atoms with Crippen molar-refractivity contribution in [3.05, 3.63) is 35.9 Å². The van der Waals surface area contributed by atoms with Gasteiger partial charge in [-0.3, -0.25) is 0 Å². The molecule has 0 amide bonds. The van der Waals surface area contributed by atoms with E-state index < -0.39 is 10.0 Å². The van der Waals surface area contributed by atoms with Gasteiger partial charge in [0, 0.05) is 19.5 Å². The maximum Gasteiger partial charge on any atom is 0.214 e. The monoisotopic (exact) mass is 299 g/mol. The van der Waals surface area contributed by atoms with Crippen molar-refractivity contribution in [1.29, 1.82) is 0 Å². The molecular weight excluding hydrogens is 278 g/mol. The van der Waals surface area contributed by atoms with Crippen molar-refractivity contribution in [1.82, 2.24) is 4.31 Å². The summed E-state index contributed by atoms with van der Waals surface area (Å²) in [7, 11) is -1.86. The van der Waals surface area contributed by atoms with Gasteiger partial charge in [-0.1, -0.05) is 35.5 Å². The van der Waals surface area contributed by atoms with Gasteiger partial charge in [0.25, 0.3) is 0 Å². The predicted molar refractivity (Wildman–Crippen MR) is 79.2 cm³/mol. The topological polar surface area (TPSA) is 96.0 Å². The molecule has 6 nitrogen and oxygen atoms in total. The minimum absolute atomic E-state index is 0.0163. The smallest absolute Gasteiger partial charge is 0.214 e. The number of rotatable bonds is 7. The summed E-state index contributed by atoms with van der Waals surface area (Å²) in [6.45, 7) is 1.72. The number of sulfonamides is 1. The van der Waals surface area contributed by atoms with Crippen LogP contribution in [0.2, 0.25) is 0 Å². The summed E-state index contributed by atoms with van der Waals surface area (Å²) in [6, 6.07) is 9.10. The average Bonchev–Trinajstić information content (AvgIpc) is 2.45. The summed E-state index contributed by atoms with van der Waals surface area (Å²) in [5.74, 6) is 0.0520. The minimum atomic E-state index is -3.37. The third-order valence-electron chi connectivity index (χ3n) is 3.18. The highest BCUT2D eigenvalue weighted by Gasteiger charge is 2.23. The molecule has 1 unspecified atom stereocenters. The van der Waals surface area contributed by atoms with Gasteiger partial charge in [0.2, 0.25) is 10.0 Å². The minimum Gasteiger partial charge on any atom is -0.409 e. The zero-order chi connectivity index (χ0) is 15.2. The van der Waals surface area contributed by atoms with Gasteiger partial charge in [0.15, 0.2) is 0 Å². The fourth-order valence-electron chi connectivity index (χ4n) is 1.78. The molecule has 3 N–H and O–H groups in total. The number of nitrogens with two attached hydrogens (primary N) is 1. The normalized spacial score (nSPS) is 14.4. The zero-order valence-electron chi connectivity index (χ0n) is 11.7. The number of hydrogen-bond donors (Lipinski definition) is 2. The second-order valence-electron chi connectivity index (χ2n) is 4.71. The quantitative estimate of drug-likeness (QED) is 0.340. The van der Waals surface area contributed by atoms with Crippen molar-refractivity contribution in [2.24, 2.45) is 10.9 Å². The van der Waals surface area contributed by atoms with Crippen LogP contribution < -0.4 is 5.73 Å². The molecule has 0 radical (unpaired) electrons. The van der Waals surface area contributed by atoms with E-state index in [0.717, 1.165) is 5.56 Å². The molecule has 0 aromatic heterocycles. The Morgan fingerprint density at radius 3 is 2.55 bits per heavy atom. The Labute approximate surface area is 119 Å². The Morgan fingerprint density at radius 2 is 2.00 bits per heavy atom. The SMILES string of the molecule is CC(C/C(N)=N/O)N(C)S(=O)(=O)CCc1ccccc1. The van der Waals surface area contributed by atoms with Crippen LogP contribution >= 0.6 is 0 Å². The Hall–Kier alpha value is -1.60. The Balaban J connectivity index is 2.63. The van der Waals surface area contributed by atoms with Gasteiger partial charge in [-0.25, -0.2) is 12.7 Å². The van der Waals surface area contributed by atoms with Gasteiger partial charge >= 0.3 is 0 Å². The van der Waals surface area contributed by atoms with E-state index in [1.165, 1.54) is 11.4 Å². The molecule has 0 aliphatic rings. The Bertz CT molecular complexity index is 543. The van der Waals surface area contributed by atoms with Crippen LogP contribution in [0.1, 0.15) is 18.9 Å². The van der Waals surface area contributed by atoms with Crippen LogP contribution in [-0.4, -0.2) is 42.6 Å². The first kappa shape index (κ1) is 16.5. The van der Waals surface area contributed by atoms with Crippen molar-refractivity contribution in [2.75, 3.05) is 12.8 Å². The fraction of sp³-hybridized carbons (Fsp3) is 0.462. The molecule has 0 saturated heterocycles. The molecule has 0 bridgehead atoms. The van der Waals surface area contributed by atoms with Crippen molar-refractivity contribution < 1.29 is 13.6 Å². The lowest BCUT2D eigenvalue weighted by Gasteiger charge is -2.23. The largest absolute Gasteiger partial charge is 0.409 e. The van der Waals surface area contributed by atoms with Gasteiger partial charge in [-0.15, -0.1) is 0 Å². The van der Waals surface area contributed by atoms with Crippen LogP contribution in [0.25, 0.3) is 0 Å². The lowest BCUT2D eigenvalue weighted by atomic mass is 10.2. The Morgan fingerprint density at radius 1 is 1.40 bits per heavy atom. The molecule has 0 aliphatic carbocycles. The van der Waals surface area contributed by atoms with Crippen molar-refractivity contribution >= 4 is 15.9 Å². The van der Waals surface area contributed by atoms with Gasteiger partial charge < -0.3 is 10.9 Å². The molecule has 112 valence electrons. The molecule has 0 saturated carbocycles. The third kappa shape index (κ3) is 4.82. The summed E-state index contributed by atoms with van der Waals surface area (Å²) in [5.41, 5.74) is 6.38. The van der Waals surface area contributed by atoms with Crippen LogP contribution in [0.5, 0.6) is 0 Å². The van der Waals surface area contributed by atoms with Gasteiger partial charge in [-0.05, 0) is 18.9 Å². The van der Waals surface area contributed by atoms with Crippen LogP contribution in [0.4, 0.5) is 0 Å². The molecule has 1 aromatic carbocycles. The van der Waals surface area contributed by atoms with Crippen LogP contribution in [0, 0.1) is 0 Å². The summed E-state index contributed by atoms with van der Waals surface area (Å²) in [4.78, 5) is 0. The van der Waals surface area contributed by atoms with Gasteiger partial charge in [-0.2, -0.15) is 0 Å². The van der Waals surface area contributed by atoms with E-state index in [0.29, 0.717) is 6.42 Å². The highest BCUT2D eigenvalue weighted by molar-refractivity contribution is 7.89. The Kier molecular flexibility index (Phi) is 5.97. The number of aryl methyl sites for hydroxylation is 1. The lowest BCUT2D eigenvalue weighted by molar-refractivity contribution is 0.313. The first-order valence-corrected chi connectivity index (χ1v) is 7.93. The molecule has 1 atom stereocenters. The number of benzene rings is 1. The van der Waals surface area contributed by atoms with E-state index in [4.69, 9.17) is 10.9 Å². The average molecular weight is 299 g/mol. The maximum atomic E-state index is 12.2. The summed E-state index contributed by atoms with van der Waals surface area (Å²) < 4.78 is 25.7. The number of amidine groups is 1. The van der Waals surface area contributed by atoms with Gasteiger partial charge in [0.1, 0.15) is 5.84 Å². The zero-order valence-corrected chi connectivity index (χ0v) is 12.5. The highest BCUT2D eigenvalue weighted by atomic mass is 32.2. The van der Waals surface area contributed by atoms with Crippen LogP contribution in [0.3, 0.4) is 0 Å². The summed E-state index contributed by atoms with van der Waals surface area (Å²) in [6.07, 6.45) is 0.654. The summed E-state index contributed by atoms with van der Waals surface area (Å²) >= 11 is 0. The fourth-order valence-corrected chi connectivity index (χ4v) is 3.19. The molecule has 1 aromatic rings. The molecule has 0 aliphatic heterocycles. The van der Waals surface area contributed by atoms with Gasteiger partial charge in [0.05, 0.1) is 5.75 Å². The van der Waals surface area contributed by atoms with E-state index in [1.54, 1.807) is 6.92 Å². The molecular formula is C13H21N3O3S. The van der Waals surface area contributed by atoms with Crippen LogP contribution in [-0.2, 0) is 16.4 Å². The first-order chi connectivity index (χ1) is 9.36. The molecule has 0 spiro atoms. The molecule has 0 heterocycles. The maximum absolute atomic E-state index is 12.2. The molecule has 1 rings (SSSR count). The first-order valence-electron chi connectivity index (χ1n) is 6.33. The van der Waals surface area contributed by atoms with Crippen molar-refractivity contribution in [2.45, 2.75) is 25.8 Å². The van der Waals surface area contributed by atoms with Crippen molar-refractivity contribution in [3.63, 3.8) is 0 Å². The molecule has 20 heavy (non-hydrogen) atoms. The van der Waals surface area contributed by atoms with E-state index in [1.807, 2.05) is 30.3 Å². The lowest BCUT2D eigenvalue weighted by Crippen LogP contribution is -2.39.